The number of carbonyl (C=O) groups excluding carboxylic acids is 2. The minimum absolute atomic E-state index is 0.00275. The summed E-state index contributed by atoms with van der Waals surface area (Å²) in [4.78, 5) is 27.4. The Kier molecular flexibility index (Phi) is 6.26. The molecule has 1 fully saturated rings. The number of hydrogen-bond donors (Lipinski definition) is 0. The fraction of sp³-hybridized carbons (Fsp3) is 0.440. The number of ketones is 1. The Balaban J connectivity index is 1.35. The number of aryl methyl sites for hydroxylation is 1. The number of ether oxygens (including phenoxy) is 4. The number of rotatable bonds is 6. The predicted molar refractivity (Wildman–Crippen MR) is 119 cm³/mol. The quantitative estimate of drug-likeness (QED) is 0.682. The molecule has 4 rings (SSSR count). The molecular weight excluding hydrogens is 410 g/mol. The van der Waals surface area contributed by atoms with E-state index in [1.165, 1.54) is 12.7 Å². The van der Waals surface area contributed by atoms with Crippen LogP contribution in [0.3, 0.4) is 0 Å². The molecular formula is C25H29NO6. The van der Waals surface area contributed by atoms with Crippen molar-refractivity contribution in [3.8, 4) is 23.0 Å². The van der Waals surface area contributed by atoms with Crippen LogP contribution in [0.1, 0.15) is 41.6 Å². The summed E-state index contributed by atoms with van der Waals surface area (Å²) in [6.45, 7) is 3.46. The summed E-state index contributed by atoms with van der Waals surface area (Å²) in [5.74, 6) is 2.34. The Labute approximate surface area is 188 Å². The van der Waals surface area contributed by atoms with Crippen molar-refractivity contribution in [2.24, 2.45) is 0 Å². The van der Waals surface area contributed by atoms with Gasteiger partial charge in [-0.3, -0.25) is 9.59 Å². The normalized spacial score (nSPS) is 16.8. The van der Waals surface area contributed by atoms with Crippen LogP contribution in [0.4, 0.5) is 0 Å². The molecule has 0 saturated carbocycles. The lowest BCUT2D eigenvalue weighted by atomic mass is 9.82. The maximum Gasteiger partial charge on any atom is 0.226 e. The van der Waals surface area contributed by atoms with Crippen LogP contribution in [0.2, 0.25) is 0 Å². The number of likely N-dealkylation sites (tertiary alicyclic amines) is 1. The van der Waals surface area contributed by atoms with Crippen molar-refractivity contribution in [3.05, 3.63) is 47.5 Å². The van der Waals surface area contributed by atoms with E-state index in [9.17, 15) is 9.59 Å². The van der Waals surface area contributed by atoms with Crippen LogP contribution >= 0.6 is 0 Å². The lowest BCUT2D eigenvalue weighted by Gasteiger charge is -2.44. The maximum absolute atomic E-state index is 13.0. The zero-order valence-corrected chi connectivity index (χ0v) is 18.8. The van der Waals surface area contributed by atoms with E-state index in [0.717, 1.165) is 5.75 Å². The summed E-state index contributed by atoms with van der Waals surface area (Å²) in [7, 11) is 3.09. The third kappa shape index (κ3) is 4.52. The molecule has 170 valence electrons. The molecule has 32 heavy (non-hydrogen) atoms. The largest absolute Gasteiger partial charge is 0.496 e. The average Bonchev–Trinajstić information content (AvgIpc) is 2.79. The van der Waals surface area contributed by atoms with E-state index in [0.29, 0.717) is 61.8 Å². The molecule has 7 nitrogen and oxygen atoms in total. The van der Waals surface area contributed by atoms with Crippen molar-refractivity contribution < 1.29 is 28.5 Å². The Bertz CT molecular complexity index is 992. The number of nitrogens with zero attached hydrogens (tertiary/aromatic N) is 1. The third-order valence-corrected chi connectivity index (χ3v) is 6.22. The van der Waals surface area contributed by atoms with Gasteiger partial charge in [0.1, 0.15) is 34.2 Å². The Morgan fingerprint density at radius 1 is 1.06 bits per heavy atom. The van der Waals surface area contributed by atoms with Crippen LogP contribution in [-0.2, 0) is 4.79 Å². The van der Waals surface area contributed by atoms with E-state index in [1.54, 1.807) is 19.2 Å². The summed E-state index contributed by atoms with van der Waals surface area (Å²) < 4.78 is 22.7. The van der Waals surface area contributed by atoms with Gasteiger partial charge in [0.15, 0.2) is 5.78 Å². The molecule has 0 atom stereocenters. The first-order valence-electron chi connectivity index (χ1n) is 10.9. The molecule has 2 aromatic carbocycles. The molecule has 1 saturated heterocycles. The summed E-state index contributed by atoms with van der Waals surface area (Å²) in [6, 6.07) is 11.2. The van der Waals surface area contributed by atoms with Crippen LogP contribution in [0.15, 0.2) is 36.4 Å². The molecule has 1 amide bonds. The maximum atomic E-state index is 13.0. The lowest BCUT2D eigenvalue weighted by molar-refractivity contribution is -0.135. The van der Waals surface area contributed by atoms with E-state index < -0.39 is 5.60 Å². The molecule has 0 aromatic heterocycles. The van der Waals surface area contributed by atoms with Crippen LogP contribution in [0.25, 0.3) is 0 Å². The lowest BCUT2D eigenvalue weighted by Crippen LogP contribution is -2.52. The highest BCUT2D eigenvalue weighted by Gasteiger charge is 2.44. The minimum atomic E-state index is -0.601. The van der Waals surface area contributed by atoms with Crippen molar-refractivity contribution >= 4 is 11.7 Å². The van der Waals surface area contributed by atoms with Gasteiger partial charge in [-0.05, 0) is 19.1 Å². The number of benzene rings is 2. The topological polar surface area (TPSA) is 74.3 Å². The van der Waals surface area contributed by atoms with Gasteiger partial charge in [0.2, 0.25) is 5.91 Å². The molecule has 0 N–H and O–H groups in total. The smallest absolute Gasteiger partial charge is 0.226 e. The summed E-state index contributed by atoms with van der Waals surface area (Å²) in [5.41, 5.74) is 1.03. The Hall–Kier alpha value is -3.22. The SMILES string of the molecule is COc1cc(OC)c2c(c1)OC1(CCN(C(=O)CCOc3ccc(C)cc3)CC1)CC2=O. The van der Waals surface area contributed by atoms with Crippen molar-refractivity contribution in [3.63, 3.8) is 0 Å². The van der Waals surface area contributed by atoms with Crippen molar-refractivity contribution in [2.45, 2.75) is 38.2 Å². The molecule has 2 heterocycles. The molecule has 0 aliphatic carbocycles. The average molecular weight is 440 g/mol. The first-order valence-corrected chi connectivity index (χ1v) is 10.9. The van der Waals surface area contributed by atoms with Gasteiger partial charge in [-0.25, -0.2) is 0 Å². The highest BCUT2D eigenvalue weighted by Crippen LogP contribution is 2.44. The monoisotopic (exact) mass is 439 g/mol. The number of methoxy groups -OCH3 is 2. The molecule has 1 spiro atoms. The van der Waals surface area contributed by atoms with Crippen LogP contribution < -0.4 is 18.9 Å². The molecule has 2 aromatic rings. The molecule has 0 radical (unpaired) electrons. The standard InChI is InChI=1S/C25H29NO6/c1-17-4-6-18(7-5-17)31-13-8-23(28)26-11-9-25(10-12-26)16-20(27)24-21(30-3)14-19(29-2)15-22(24)32-25/h4-7,14-15H,8-13,16H2,1-3H3. The first-order chi connectivity index (χ1) is 15.4. The number of Topliss-reactive ketones (excluding diaryl/α,β-unsaturated/α-hetero) is 1. The van der Waals surface area contributed by atoms with Gasteiger partial charge < -0.3 is 23.8 Å². The predicted octanol–water partition coefficient (Wildman–Crippen LogP) is 3.81. The highest BCUT2D eigenvalue weighted by molar-refractivity contribution is 6.03. The van der Waals surface area contributed by atoms with Gasteiger partial charge >= 0.3 is 0 Å². The molecule has 2 aliphatic rings. The summed E-state index contributed by atoms with van der Waals surface area (Å²) in [5, 5.41) is 0. The van der Waals surface area contributed by atoms with Crippen LogP contribution in [0.5, 0.6) is 23.0 Å². The second-order valence-electron chi connectivity index (χ2n) is 8.38. The first kappa shape index (κ1) is 22.0. The van der Waals surface area contributed by atoms with E-state index in [1.807, 2.05) is 36.1 Å². The van der Waals surface area contributed by atoms with Crippen molar-refractivity contribution in [1.82, 2.24) is 4.90 Å². The molecule has 2 aliphatic heterocycles. The number of fused-ring (bicyclic) bond motifs is 1. The second kappa shape index (κ2) is 9.10. The molecule has 0 unspecified atom stereocenters. The minimum Gasteiger partial charge on any atom is -0.496 e. The van der Waals surface area contributed by atoms with E-state index >= 15 is 0 Å². The number of piperidine rings is 1. The third-order valence-electron chi connectivity index (χ3n) is 6.22. The van der Waals surface area contributed by atoms with Crippen molar-refractivity contribution in [2.75, 3.05) is 33.9 Å². The number of carbonyl (C=O) groups is 2. The van der Waals surface area contributed by atoms with E-state index in [-0.39, 0.29) is 18.1 Å². The van der Waals surface area contributed by atoms with Crippen molar-refractivity contribution in [1.29, 1.82) is 0 Å². The van der Waals surface area contributed by atoms with E-state index in [2.05, 4.69) is 0 Å². The van der Waals surface area contributed by atoms with E-state index in [4.69, 9.17) is 18.9 Å². The van der Waals surface area contributed by atoms with Gasteiger partial charge in [0, 0.05) is 38.1 Å². The summed E-state index contributed by atoms with van der Waals surface area (Å²) in [6.07, 6.45) is 1.80. The Morgan fingerprint density at radius 2 is 1.78 bits per heavy atom. The zero-order chi connectivity index (χ0) is 22.7. The summed E-state index contributed by atoms with van der Waals surface area (Å²) >= 11 is 0. The fourth-order valence-electron chi connectivity index (χ4n) is 4.34. The highest BCUT2D eigenvalue weighted by atomic mass is 16.5. The molecule has 0 bridgehead atoms. The van der Waals surface area contributed by atoms with Gasteiger partial charge in [0.05, 0.1) is 33.7 Å². The van der Waals surface area contributed by atoms with Gasteiger partial charge in [-0.15, -0.1) is 0 Å². The second-order valence-corrected chi connectivity index (χ2v) is 8.38. The van der Waals surface area contributed by atoms with Gasteiger partial charge in [-0.1, -0.05) is 17.7 Å². The van der Waals surface area contributed by atoms with Gasteiger partial charge in [-0.2, -0.15) is 0 Å². The van der Waals surface area contributed by atoms with Crippen LogP contribution in [0, 0.1) is 6.92 Å². The number of hydrogen-bond acceptors (Lipinski definition) is 6. The zero-order valence-electron chi connectivity index (χ0n) is 18.8. The van der Waals surface area contributed by atoms with Gasteiger partial charge in [0.25, 0.3) is 0 Å². The fourth-order valence-corrected chi connectivity index (χ4v) is 4.34. The Morgan fingerprint density at radius 3 is 2.44 bits per heavy atom. The molecule has 7 heteroatoms. The number of amides is 1. The van der Waals surface area contributed by atoms with Crippen LogP contribution in [-0.4, -0.2) is 56.1 Å².